The zero-order valence-electron chi connectivity index (χ0n) is 27.3. The molecule has 0 bridgehead atoms. The molecule has 3 unspecified atom stereocenters. The SMILES string of the molecule is COc1cc2c(cc1OC)CN(CC1CC(c3ccc(CO)cc3)OC(c3ccc(-c4cccc(CNC(=O)C(Cl)(Cl)Cl)c4)cc3)O1)CC2. The molecule has 0 aliphatic carbocycles. The molecule has 258 valence electrons. The van der Waals surface area contributed by atoms with Gasteiger partial charge in [-0.3, -0.25) is 9.69 Å². The first-order chi connectivity index (χ1) is 23.6. The van der Waals surface area contributed by atoms with Crippen molar-refractivity contribution in [1.29, 1.82) is 0 Å². The first-order valence-electron chi connectivity index (χ1n) is 16.1. The number of nitrogens with zero attached hydrogens (tertiary/aromatic N) is 1. The molecule has 11 heteroatoms. The van der Waals surface area contributed by atoms with E-state index in [0.717, 1.165) is 70.9 Å². The molecular weight excluding hydrogens is 687 g/mol. The molecule has 0 spiro atoms. The number of aliphatic hydroxyl groups excluding tert-OH is 1. The van der Waals surface area contributed by atoms with Crippen LogP contribution < -0.4 is 14.8 Å². The Hall–Kier alpha value is -3.34. The van der Waals surface area contributed by atoms with Gasteiger partial charge in [0.15, 0.2) is 17.8 Å². The fourth-order valence-corrected chi connectivity index (χ4v) is 6.60. The summed E-state index contributed by atoms with van der Waals surface area (Å²) in [5.74, 6) is 0.815. The van der Waals surface area contributed by atoms with Crippen LogP contribution in [0.25, 0.3) is 11.1 Å². The van der Waals surface area contributed by atoms with E-state index in [9.17, 15) is 9.90 Å². The molecule has 2 heterocycles. The minimum atomic E-state index is -2.01. The van der Waals surface area contributed by atoms with Gasteiger partial charge in [-0.05, 0) is 63.6 Å². The quantitative estimate of drug-likeness (QED) is 0.164. The van der Waals surface area contributed by atoms with Crippen LogP contribution in [0.5, 0.6) is 11.5 Å². The van der Waals surface area contributed by atoms with Gasteiger partial charge in [0.25, 0.3) is 9.70 Å². The summed E-state index contributed by atoms with van der Waals surface area (Å²) in [7, 11) is 3.33. The van der Waals surface area contributed by atoms with Crippen molar-refractivity contribution in [3.8, 4) is 22.6 Å². The maximum absolute atomic E-state index is 12.0. The van der Waals surface area contributed by atoms with Gasteiger partial charge in [0.05, 0.1) is 33.0 Å². The average Bonchev–Trinajstić information content (AvgIpc) is 3.12. The van der Waals surface area contributed by atoms with Gasteiger partial charge in [0, 0.05) is 38.2 Å². The van der Waals surface area contributed by atoms with E-state index in [4.69, 9.17) is 53.8 Å². The molecule has 2 N–H and O–H groups in total. The number of aliphatic hydroxyl groups is 1. The standard InChI is InChI=1S/C38H39Cl3N2O6/c1-46-34-17-30-14-15-43(21-31(30)18-35(34)47-2)22-32-19-33(27-8-6-24(23-44)7-9-27)49-36(48-32)28-12-10-26(11-13-28)29-5-3-4-25(16-29)20-42-37(45)38(39,40)41/h3-13,16-18,32-33,36,44H,14-15,19-23H2,1-2H3,(H,42,45). The highest BCUT2D eigenvalue weighted by atomic mass is 35.6. The van der Waals surface area contributed by atoms with Gasteiger partial charge < -0.3 is 29.4 Å². The Balaban J connectivity index is 1.19. The lowest BCUT2D eigenvalue weighted by Crippen LogP contribution is -2.41. The van der Waals surface area contributed by atoms with Crippen molar-refractivity contribution in [2.24, 2.45) is 0 Å². The molecule has 1 saturated heterocycles. The molecule has 1 amide bonds. The summed E-state index contributed by atoms with van der Waals surface area (Å²) in [6.07, 6.45) is 0.778. The maximum atomic E-state index is 12.0. The summed E-state index contributed by atoms with van der Waals surface area (Å²) in [6.45, 7) is 2.67. The first kappa shape index (κ1) is 35.5. The summed E-state index contributed by atoms with van der Waals surface area (Å²) in [5, 5.41) is 12.2. The summed E-state index contributed by atoms with van der Waals surface area (Å²) in [4.78, 5) is 14.4. The van der Waals surface area contributed by atoms with Gasteiger partial charge in [-0.25, -0.2) is 0 Å². The van der Waals surface area contributed by atoms with E-state index >= 15 is 0 Å². The van der Waals surface area contributed by atoms with E-state index in [-0.39, 0.29) is 25.4 Å². The summed E-state index contributed by atoms with van der Waals surface area (Å²) < 4.78 is 22.4. The van der Waals surface area contributed by atoms with E-state index in [1.54, 1.807) is 14.2 Å². The number of ether oxygens (including phenoxy) is 4. The monoisotopic (exact) mass is 724 g/mol. The number of alkyl halides is 3. The lowest BCUT2D eigenvalue weighted by Gasteiger charge is -2.39. The number of fused-ring (bicyclic) bond motifs is 1. The first-order valence-corrected chi connectivity index (χ1v) is 17.3. The van der Waals surface area contributed by atoms with Crippen LogP contribution in [-0.4, -0.2) is 53.1 Å². The molecule has 0 saturated carbocycles. The second-order valence-corrected chi connectivity index (χ2v) is 14.6. The largest absolute Gasteiger partial charge is 0.493 e. The zero-order chi connectivity index (χ0) is 34.5. The zero-order valence-corrected chi connectivity index (χ0v) is 29.6. The Morgan fingerprint density at radius 2 is 1.57 bits per heavy atom. The van der Waals surface area contributed by atoms with Crippen molar-refractivity contribution in [2.75, 3.05) is 27.3 Å². The van der Waals surface area contributed by atoms with E-state index in [1.165, 1.54) is 11.1 Å². The molecule has 8 nitrogen and oxygen atoms in total. The number of amides is 1. The number of nitrogens with one attached hydrogen (secondary N) is 1. The topological polar surface area (TPSA) is 89.5 Å². The number of carbonyl (C=O) groups is 1. The molecule has 6 rings (SSSR count). The van der Waals surface area contributed by atoms with Crippen LogP contribution in [0.4, 0.5) is 0 Å². The van der Waals surface area contributed by atoms with Crippen molar-refractivity contribution in [1.82, 2.24) is 10.2 Å². The third-order valence-corrected chi connectivity index (χ3v) is 9.54. The van der Waals surface area contributed by atoms with Crippen molar-refractivity contribution in [2.45, 2.75) is 54.8 Å². The Morgan fingerprint density at radius 3 is 2.24 bits per heavy atom. The smallest absolute Gasteiger partial charge is 0.272 e. The molecule has 4 aromatic carbocycles. The predicted molar refractivity (Wildman–Crippen MR) is 191 cm³/mol. The summed E-state index contributed by atoms with van der Waals surface area (Å²) >= 11 is 17.1. The number of hydrogen-bond acceptors (Lipinski definition) is 7. The molecule has 4 aromatic rings. The predicted octanol–water partition coefficient (Wildman–Crippen LogP) is 7.45. The van der Waals surface area contributed by atoms with Crippen LogP contribution in [0.15, 0.2) is 84.9 Å². The fourth-order valence-electron chi connectivity index (χ4n) is 6.39. The van der Waals surface area contributed by atoms with Gasteiger partial charge in [-0.1, -0.05) is 102 Å². The molecule has 0 radical (unpaired) electrons. The van der Waals surface area contributed by atoms with Gasteiger partial charge in [0.2, 0.25) is 0 Å². The second-order valence-electron chi connectivity index (χ2n) is 12.3. The third kappa shape index (κ3) is 8.70. The number of hydrogen-bond donors (Lipinski definition) is 2. The Kier molecular flexibility index (Phi) is 11.4. The van der Waals surface area contributed by atoms with E-state index in [2.05, 4.69) is 22.3 Å². The van der Waals surface area contributed by atoms with Gasteiger partial charge in [-0.2, -0.15) is 0 Å². The number of benzene rings is 4. The highest BCUT2D eigenvalue weighted by molar-refractivity contribution is 6.76. The molecule has 2 aliphatic heterocycles. The molecule has 2 aliphatic rings. The van der Waals surface area contributed by atoms with Gasteiger partial charge in [-0.15, -0.1) is 0 Å². The highest BCUT2D eigenvalue weighted by Crippen LogP contribution is 2.40. The van der Waals surface area contributed by atoms with Crippen LogP contribution in [0.2, 0.25) is 0 Å². The summed E-state index contributed by atoms with van der Waals surface area (Å²) in [5.41, 5.74) is 8.19. The van der Waals surface area contributed by atoms with E-state index in [1.807, 2.05) is 72.8 Å². The minimum Gasteiger partial charge on any atom is -0.493 e. The lowest BCUT2D eigenvalue weighted by atomic mass is 9.96. The van der Waals surface area contributed by atoms with Crippen molar-refractivity contribution in [3.63, 3.8) is 0 Å². The van der Waals surface area contributed by atoms with Crippen LogP contribution in [0.1, 0.15) is 52.2 Å². The second kappa shape index (κ2) is 15.7. The Morgan fingerprint density at radius 1 is 0.878 bits per heavy atom. The van der Waals surface area contributed by atoms with Crippen LogP contribution in [-0.2, 0) is 40.4 Å². The van der Waals surface area contributed by atoms with Crippen molar-refractivity contribution >= 4 is 40.7 Å². The number of methoxy groups -OCH3 is 2. The molecular formula is C38H39Cl3N2O6. The number of halogens is 3. The highest BCUT2D eigenvalue weighted by Gasteiger charge is 2.34. The molecule has 49 heavy (non-hydrogen) atoms. The lowest BCUT2D eigenvalue weighted by molar-refractivity contribution is -0.253. The summed E-state index contributed by atoms with van der Waals surface area (Å²) in [6, 6.07) is 28.1. The number of carbonyl (C=O) groups excluding carboxylic acids is 1. The Labute approximate surface area is 301 Å². The minimum absolute atomic E-state index is 0.00783. The molecule has 0 aromatic heterocycles. The molecule has 1 fully saturated rings. The third-order valence-electron chi connectivity index (χ3n) is 9.03. The Bertz CT molecular complexity index is 1750. The van der Waals surface area contributed by atoms with Crippen molar-refractivity contribution < 1.29 is 28.8 Å². The van der Waals surface area contributed by atoms with Gasteiger partial charge in [0.1, 0.15) is 0 Å². The van der Waals surface area contributed by atoms with E-state index in [0.29, 0.717) is 6.42 Å². The van der Waals surface area contributed by atoms with Crippen LogP contribution in [0.3, 0.4) is 0 Å². The molecule has 3 atom stereocenters. The van der Waals surface area contributed by atoms with Crippen molar-refractivity contribution in [3.05, 3.63) is 118 Å². The fraction of sp³-hybridized carbons (Fsp3) is 0.342. The number of rotatable bonds is 10. The maximum Gasteiger partial charge on any atom is 0.272 e. The van der Waals surface area contributed by atoms with Gasteiger partial charge >= 0.3 is 0 Å². The van der Waals surface area contributed by atoms with Crippen LogP contribution >= 0.6 is 34.8 Å². The van der Waals surface area contributed by atoms with E-state index < -0.39 is 16.0 Å². The average molecular weight is 726 g/mol. The normalized spacial score (nSPS) is 19.6. The van der Waals surface area contributed by atoms with Crippen LogP contribution in [0, 0.1) is 0 Å².